The maximum atomic E-state index is 11.5. The van der Waals surface area contributed by atoms with Crippen molar-refractivity contribution in [2.45, 2.75) is 25.1 Å². The lowest BCUT2D eigenvalue weighted by atomic mass is 10.2. The molecule has 0 fully saturated rings. The van der Waals surface area contributed by atoms with E-state index in [2.05, 4.69) is 21.2 Å². The van der Waals surface area contributed by atoms with Crippen molar-refractivity contribution in [3.05, 3.63) is 29.8 Å². The summed E-state index contributed by atoms with van der Waals surface area (Å²) >= 11 is 3.31. The van der Waals surface area contributed by atoms with Crippen molar-refractivity contribution >= 4 is 27.5 Å². The Morgan fingerprint density at radius 3 is 2.86 bits per heavy atom. The second kappa shape index (κ2) is 5.15. The molecule has 0 spiro atoms. The third-order valence-electron chi connectivity index (χ3n) is 1.93. The van der Waals surface area contributed by atoms with E-state index in [-0.39, 0.29) is 10.7 Å². The zero-order valence-corrected chi connectivity index (χ0v) is 9.97. The van der Waals surface area contributed by atoms with Crippen LogP contribution in [0.4, 0.5) is 5.69 Å². The number of halogens is 1. The minimum absolute atomic E-state index is 0.0121. The minimum atomic E-state index is -0.108. The van der Waals surface area contributed by atoms with Crippen molar-refractivity contribution in [1.82, 2.24) is 0 Å². The fourth-order valence-electron chi connectivity index (χ4n) is 1.13. The van der Waals surface area contributed by atoms with E-state index in [0.29, 0.717) is 0 Å². The fraction of sp³-hybridized carbons (Fsp3) is 0.364. The molecule has 0 radical (unpaired) electrons. The maximum absolute atomic E-state index is 11.5. The highest BCUT2D eigenvalue weighted by Gasteiger charge is 2.11. The average Bonchev–Trinajstić information content (AvgIpc) is 2.16. The van der Waals surface area contributed by atoms with Crippen LogP contribution in [0.25, 0.3) is 0 Å². The fourth-order valence-corrected chi connectivity index (χ4v) is 1.24. The second-order valence-corrected chi connectivity index (χ2v) is 4.34. The first kappa shape index (κ1) is 11.2. The monoisotopic (exact) mass is 255 g/mol. The van der Waals surface area contributed by atoms with E-state index >= 15 is 0 Å². The van der Waals surface area contributed by atoms with Gasteiger partial charge in [-0.3, -0.25) is 4.79 Å². The zero-order valence-electron chi connectivity index (χ0n) is 8.38. The first-order valence-corrected chi connectivity index (χ1v) is 5.56. The highest BCUT2D eigenvalue weighted by molar-refractivity contribution is 9.10. The number of carbonyl (C=O) groups is 1. The molecule has 0 aromatic heterocycles. The van der Waals surface area contributed by atoms with Gasteiger partial charge in [0.1, 0.15) is 0 Å². The molecule has 1 atom stereocenters. The van der Waals surface area contributed by atoms with Crippen LogP contribution in [-0.4, -0.2) is 10.7 Å². The Kier molecular flexibility index (Phi) is 4.14. The summed E-state index contributed by atoms with van der Waals surface area (Å²) in [6.45, 7) is 3.97. The molecular formula is C11H14BrNO. The Morgan fingerprint density at radius 2 is 2.29 bits per heavy atom. The largest absolute Gasteiger partial charge is 0.325 e. The number of anilines is 1. The molecular weight excluding hydrogens is 242 g/mol. The van der Waals surface area contributed by atoms with Crippen molar-refractivity contribution in [3.8, 4) is 0 Å². The van der Waals surface area contributed by atoms with E-state index in [1.807, 2.05) is 38.1 Å². The number of amides is 1. The quantitative estimate of drug-likeness (QED) is 0.827. The van der Waals surface area contributed by atoms with Crippen LogP contribution < -0.4 is 5.32 Å². The predicted molar refractivity (Wildman–Crippen MR) is 62.8 cm³/mol. The summed E-state index contributed by atoms with van der Waals surface area (Å²) in [5.74, 6) is 0.0121. The van der Waals surface area contributed by atoms with E-state index in [4.69, 9.17) is 0 Å². The van der Waals surface area contributed by atoms with Crippen LogP contribution in [0.1, 0.15) is 18.9 Å². The lowest BCUT2D eigenvalue weighted by molar-refractivity contribution is -0.115. The number of rotatable bonds is 3. The normalized spacial score (nSPS) is 12.2. The summed E-state index contributed by atoms with van der Waals surface area (Å²) < 4.78 is 0. The van der Waals surface area contributed by atoms with E-state index in [0.717, 1.165) is 17.7 Å². The van der Waals surface area contributed by atoms with E-state index in [1.165, 1.54) is 0 Å². The molecule has 0 saturated heterocycles. The van der Waals surface area contributed by atoms with Crippen LogP contribution in [0.2, 0.25) is 0 Å². The van der Waals surface area contributed by atoms with Crippen molar-refractivity contribution in [3.63, 3.8) is 0 Å². The molecule has 0 saturated carbocycles. The van der Waals surface area contributed by atoms with Crippen LogP contribution in [-0.2, 0) is 4.79 Å². The molecule has 0 bridgehead atoms. The first-order valence-electron chi connectivity index (χ1n) is 4.65. The van der Waals surface area contributed by atoms with Crippen molar-refractivity contribution in [2.24, 2.45) is 0 Å². The van der Waals surface area contributed by atoms with Gasteiger partial charge in [0.15, 0.2) is 0 Å². The second-order valence-electron chi connectivity index (χ2n) is 3.23. The van der Waals surface area contributed by atoms with Crippen LogP contribution in [0.3, 0.4) is 0 Å². The van der Waals surface area contributed by atoms with Gasteiger partial charge in [-0.2, -0.15) is 0 Å². The number of alkyl halides is 1. The summed E-state index contributed by atoms with van der Waals surface area (Å²) in [5.41, 5.74) is 2.00. The number of hydrogen-bond donors (Lipinski definition) is 1. The van der Waals surface area contributed by atoms with Crippen molar-refractivity contribution in [2.75, 3.05) is 5.32 Å². The molecule has 0 aliphatic heterocycles. The third-order valence-corrected chi connectivity index (χ3v) is 2.99. The molecule has 0 aliphatic carbocycles. The Labute approximate surface area is 92.8 Å². The minimum Gasteiger partial charge on any atom is -0.325 e. The van der Waals surface area contributed by atoms with Gasteiger partial charge in [-0.05, 0) is 31.0 Å². The van der Waals surface area contributed by atoms with Crippen LogP contribution in [0, 0.1) is 6.92 Å². The van der Waals surface area contributed by atoms with E-state index in [1.54, 1.807) is 0 Å². The number of carbonyl (C=O) groups excluding carboxylic acids is 1. The topological polar surface area (TPSA) is 29.1 Å². The Morgan fingerprint density at radius 1 is 1.57 bits per heavy atom. The maximum Gasteiger partial charge on any atom is 0.238 e. The molecule has 1 amide bonds. The van der Waals surface area contributed by atoms with Crippen LogP contribution >= 0.6 is 15.9 Å². The predicted octanol–water partition coefficient (Wildman–Crippen LogP) is 3.11. The smallest absolute Gasteiger partial charge is 0.238 e. The first-order chi connectivity index (χ1) is 6.63. The van der Waals surface area contributed by atoms with Gasteiger partial charge in [-0.1, -0.05) is 35.0 Å². The molecule has 2 nitrogen and oxygen atoms in total. The van der Waals surface area contributed by atoms with Gasteiger partial charge in [0.05, 0.1) is 4.83 Å². The Bertz CT molecular complexity index is 325. The molecule has 76 valence electrons. The lowest BCUT2D eigenvalue weighted by Gasteiger charge is -2.08. The molecule has 0 heterocycles. The molecule has 1 N–H and O–H groups in total. The Balaban J connectivity index is 2.65. The molecule has 0 aliphatic rings. The van der Waals surface area contributed by atoms with Gasteiger partial charge in [0.2, 0.25) is 5.91 Å². The Hall–Kier alpha value is -0.830. The summed E-state index contributed by atoms with van der Waals surface area (Å²) in [4.78, 5) is 11.4. The zero-order chi connectivity index (χ0) is 10.6. The SMILES string of the molecule is CC[C@H](Br)C(=O)Nc1cccc(C)c1. The van der Waals surface area contributed by atoms with Crippen LogP contribution in [0.15, 0.2) is 24.3 Å². The molecule has 1 aromatic rings. The van der Waals surface area contributed by atoms with Gasteiger partial charge < -0.3 is 5.32 Å². The van der Waals surface area contributed by atoms with Gasteiger partial charge in [-0.15, -0.1) is 0 Å². The van der Waals surface area contributed by atoms with Gasteiger partial charge in [0.25, 0.3) is 0 Å². The third kappa shape index (κ3) is 3.14. The highest BCUT2D eigenvalue weighted by atomic mass is 79.9. The van der Waals surface area contributed by atoms with E-state index in [9.17, 15) is 4.79 Å². The summed E-state index contributed by atoms with van der Waals surface area (Å²) in [7, 11) is 0. The average molecular weight is 256 g/mol. The molecule has 3 heteroatoms. The molecule has 14 heavy (non-hydrogen) atoms. The summed E-state index contributed by atoms with van der Waals surface area (Å²) in [5, 5.41) is 2.85. The van der Waals surface area contributed by atoms with Crippen molar-refractivity contribution < 1.29 is 4.79 Å². The molecule has 1 aromatic carbocycles. The molecule has 0 unspecified atom stereocenters. The van der Waals surface area contributed by atoms with Gasteiger partial charge in [0, 0.05) is 5.69 Å². The summed E-state index contributed by atoms with van der Waals surface area (Å²) in [6.07, 6.45) is 0.789. The lowest BCUT2D eigenvalue weighted by Crippen LogP contribution is -2.21. The van der Waals surface area contributed by atoms with E-state index < -0.39 is 0 Å². The summed E-state index contributed by atoms with van der Waals surface area (Å²) in [6, 6.07) is 7.77. The standard InChI is InChI=1S/C11H14BrNO/c1-3-10(12)11(14)13-9-6-4-5-8(2)7-9/h4-7,10H,3H2,1-2H3,(H,13,14)/t10-/m0/s1. The van der Waals surface area contributed by atoms with Gasteiger partial charge >= 0.3 is 0 Å². The number of aryl methyl sites for hydroxylation is 1. The van der Waals surface area contributed by atoms with Crippen molar-refractivity contribution in [1.29, 1.82) is 0 Å². The molecule has 1 rings (SSSR count). The number of hydrogen-bond acceptors (Lipinski definition) is 1. The van der Waals surface area contributed by atoms with Gasteiger partial charge in [-0.25, -0.2) is 0 Å². The number of benzene rings is 1. The van der Waals surface area contributed by atoms with Crippen LogP contribution in [0.5, 0.6) is 0 Å². The highest BCUT2D eigenvalue weighted by Crippen LogP contribution is 2.12. The number of nitrogens with one attached hydrogen (secondary N) is 1.